The maximum absolute atomic E-state index is 10.0. The Labute approximate surface area is 102 Å². The zero-order chi connectivity index (χ0) is 11.8. The van der Waals surface area contributed by atoms with E-state index < -0.39 is 0 Å². The Bertz CT molecular complexity index is 379. The molecule has 2 bridgehead atoms. The number of benzene rings is 1. The van der Waals surface area contributed by atoms with Crippen molar-refractivity contribution in [1.82, 2.24) is 4.90 Å². The molecule has 2 saturated heterocycles. The van der Waals surface area contributed by atoms with Gasteiger partial charge in [-0.1, -0.05) is 30.3 Å². The molecule has 4 rings (SSSR count). The van der Waals surface area contributed by atoms with Crippen molar-refractivity contribution in [2.45, 2.75) is 37.6 Å². The predicted molar refractivity (Wildman–Crippen MR) is 67.3 cm³/mol. The van der Waals surface area contributed by atoms with E-state index in [4.69, 9.17) is 5.73 Å². The first-order valence-corrected chi connectivity index (χ1v) is 6.47. The van der Waals surface area contributed by atoms with Gasteiger partial charge < -0.3 is 10.8 Å². The highest BCUT2D eigenvalue weighted by molar-refractivity contribution is 5.15. The second-order valence-corrected chi connectivity index (χ2v) is 5.39. The third-order valence-corrected chi connectivity index (χ3v) is 4.32. The maximum atomic E-state index is 10.0. The van der Waals surface area contributed by atoms with Gasteiger partial charge in [0.05, 0.1) is 6.10 Å². The fraction of sp³-hybridized carbons (Fsp3) is 0.571. The largest absolute Gasteiger partial charge is 0.391 e. The number of hydrogen-bond donors (Lipinski definition) is 2. The van der Waals surface area contributed by atoms with Crippen LogP contribution in [0.25, 0.3) is 0 Å². The van der Waals surface area contributed by atoms with Crippen LogP contribution < -0.4 is 5.73 Å². The summed E-state index contributed by atoms with van der Waals surface area (Å²) in [7, 11) is 0. The van der Waals surface area contributed by atoms with E-state index in [0.717, 1.165) is 25.9 Å². The monoisotopic (exact) mass is 232 g/mol. The predicted octanol–water partition coefficient (Wildman–Crippen LogP) is 0.969. The smallest absolute Gasteiger partial charge is 0.0746 e. The van der Waals surface area contributed by atoms with E-state index in [1.165, 1.54) is 5.56 Å². The van der Waals surface area contributed by atoms with Gasteiger partial charge >= 0.3 is 0 Å². The summed E-state index contributed by atoms with van der Waals surface area (Å²) in [6, 6.07) is 10.8. The van der Waals surface area contributed by atoms with E-state index in [0.29, 0.717) is 12.0 Å². The van der Waals surface area contributed by atoms with Crippen LogP contribution in [0, 0.1) is 5.92 Å². The Kier molecular flexibility index (Phi) is 2.90. The van der Waals surface area contributed by atoms with Crippen molar-refractivity contribution < 1.29 is 5.11 Å². The summed E-state index contributed by atoms with van der Waals surface area (Å²) in [5.41, 5.74) is 7.45. The Balaban J connectivity index is 1.74. The summed E-state index contributed by atoms with van der Waals surface area (Å²) in [6.07, 6.45) is 1.97. The lowest BCUT2D eigenvalue weighted by Gasteiger charge is -2.51. The van der Waals surface area contributed by atoms with E-state index in [1.54, 1.807) is 0 Å². The average Bonchev–Trinajstić information content (AvgIpc) is 2.36. The summed E-state index contributed by atoms with van der Waals surface area (Å²) in [5.74, 6) is 0.374. The SMILES string of the molecule is N[C@H]1[C@@H](O)[C@H]2CC[C@H]1N(Cc1ccccc1)C2. The molecule has 17 heavy (non-hydrogen) atoms. The number of aliphatic hydroxyl groups is 1. The lowest BCUT2D eigenvalue weighted by Crippen LogP contribution is -2.65. The van der Waals surface area contributed by atoms with E-state index in [-0.39, 0.29) is 12.1 Å². The number of hydrogen-bond acceptors (Lipinski definition) is 3. The van der Waals surface area contributed by atoms with Crippen molar-refractivity contribution in [3.63, 3.8) is 0 Å². The minimum atomic E-state index is -0.291. The first-order valence-electron chi connectivity index (χ1n) is 6.47. The molecule has 92 valence electrons. The van der Waals surface area contributed by atoms with Gasteiger partial charge in [0.2, 0.25) is 0 Å². The van der Waals surface area contributed by atoms with Gasteiger partial charge in [0, 0.05) is 25.2 Å². The molecule has 0 spiro atoms. The molecule has 2 heterocycles. The minimum Gasteiger partial charge on any atom is -0.391 e. The number of piperidine rings is 2. The fourth-order valence-corrected chi connectivity index (χ4v) is 3.35. The molecule has 1 saturated carbocycles. The summed E-state index contributed by atoms with van der Waals surface area (Å²) in [4.78, 5) is 2.45. The van der Waals surface area contributed by atoms with E-state index >= 15 is 0 Å². The lowest BCUT2D eigenvalue weighted by molar-refractivity contribution is -0.0690. The van der Waals surface area contributed by atoms with Crippen LogP contribution in [0.1, 0.15) is 18.4 Å². The van der Waals surface area contributed by atoms with Crippen LogP contribution in [0.4, 0.5) is 0 Å². The van der Waals surface area contributed by atoms with Crippen molar-refractivity contribution in [2.75, 3.05) is 6.54 Å². The standard InChI is InChI=1S/C14H20N2O/c15-13-12-7-6-11(14(13)17)9-16(12)8-10-4-2-1-3-5-10/h1-5,11-14,17H,6-9,15H2/t11-,12+,13+,14-/m0/s1. The van der Waals surface area contributed by atoms with Crippen LogP contribution in [-0.2, 0) is 6.54 Å². The van der Waals surface area contributed by atoms with Crippen molar-refractivity contribution in [3.05, 3.63) is 35.9 Å². The third-order valence-electron chi connectivity index (χ3n) is 4.32. The first-order chi connectivity index (χ1) is 8.25. The molecular weight excluding hydrogens is 212 g/mol. The van der Waals surface area contributed by atoms with Gasteiger partial charge in [0.25, 0.3) is 0 Å². The van der Waals surface area contributed by atoms with Crippen molar-refractivity contribution in [3.8, 4) is 0 Å². The van der Waals surface area contributed by atoms with Crippen LogP contribution >= 0.6 is 0 Å². The Morgan fingerprint density at radius 1 is 1.24 bits per heavy atom. The Morgan fingerprint density at radius 3 is 2.71 bits per heavy atom. The van der Waals surface area contributed by atoms with Crippen LogP contribution in [0.2, 0.25) is 0 Å². The molecule has 0 unspecified atom stereocenters. The number of fused-ring (bicyclic) bond motifs is 3. The fourth-order valence-electron chi connectivity index (χ4n) is 3.35. The molecule has 0 amide bonds. The van der Waals surface area contributed by atoms with E-state index in [9.17, 15) is 5.11 Å². The normalized spacial score (nSPS) is 37.3. The molecule has 1 aromatic rings. The van der Waals surface area contributed by atoms with Crippen molar-refractivity contribution in [2.24, 2.45) is 11.7 Å². The molecule has 3 aliphatic rings. The lowest BCUT2D eigenvalue weighted by atomic mass is 9.74. The molecule has 1 aromatic carbocycles. The minimum absolute atomic E-state index is 0.0637. The van der Waals surface area contributed by atoms with Gasteiger partial charge in [0.1, 0.15) is 0 Å². The molecule has 3 nitrogen and oxygen atoms in total. The zero-order valence-corrected chi connectivity index (χ0v) is 10.00. The molecular formula is C14H20N2O. The molecule has 1 aliphatic carbocycles. The van der Waals surface area contributed by atoms with Gasteiger partial charge in [-0.2, -0.15) is 0 Å². The Hall–Kier alpha value is -0.900. The van der Waals surface area contributed by atoms with Crippen LogP contribution in [0.3, 0.4) is 0 Å². The molecule has 3 N–H and O–H groups in total. The van der Waals surface area contributed by atoms with Gasteiger partial charge in [-0.15, -0.1) is 0 Å². The highest BCUT2D eigenvalue weighted by Gasteiger charge is 2.44. The van der Waals surface area contributed by atoms with Gasteiger partial charge in [-0.05, 0) is 24.3 Å². The van der Waals surface area contributed by atoms with Gasteiger partial charge in [-0.3, -0.25) is 4.90 Å². The van der Waals surface area contributed by atoms with Gasteiger partial charge in [0.15, 0.2) is 0 Å². The summed E-state index contributed by atoms with van der Waals surface area (Å²) in [6.45, 7) is 1.96. The van der Waals surface area contributed by atoms with E-state index in [2.05, 4.69) is 29.2 Å². The van der Waals surface area contributed by atoms with E-state index in [1.807, 2.05) is 6.07 Å². The third kappa shape index (κ3) is 1.99. The molecule has 3 heteroatoms. The average molecular weight is 232 g/mol. The highest BCUT2D eigenvalue weighted by Crippen LogP contribution is 2.35. The van der Waals surface area contributed by atoms with Crippen LogP contribution in [-0.4, -0.2) is 34.7 Å². The zero-order valence-electron chi connectivity index (χ0n) is 10.00. The van der Waals surface area contributed by atoms with Gasteiger partial charge in [-0.25, -0.2) is 0 Å². The topological polar surface area (TPSA) is 49.5 Å². The molecule has 0 aromatic heterocycles. The second-order valence-electron chi connectivity index (χ2n) is 5.39. The number of rotatable bonds is 2. The quantitative estimate of drug-likeness (QED) is 0.799. The number of nitrogens with two attached hydrogens (primary N) is 1. The van der Waals surface area contributed by atoms with Crippen molar-refractivity contribution >= 4 is 0 Å². The summed E-state index contributed by atoms with van der Waals surface area (Å²) < 4.78 is 0. The van der Waals surface area contributed by atoms with Crippen LogP contribution in [0.15, 0.2) is 30.3 Å². The van der Waals surface area contributed by atoms with Crippen LogP contribution in [0.5, 0.6) is 0 Å². The van der Waals surface area contributed by atoms with Crippen molar-refractivity contribution in [1.29, 1.82) is 0 Å². The number of nitrogens with zero attached hydrogens (tertiary/aromatic N) is 1. The Morgan fingerprint density at radius 2 is 2.00 bits per heavy atom. The molecule has 0 radical (unpaired) electrons. The maximum Gasteiger partial charge on any atom is 0.0746 e. The molecule has 2 aliphatic heterocycles. The first kappa shape index (κ1) is 11.2. The highest BCUT2D eigenvalue weighted by atomic mass is 16.3. The number of aliphatic hydroxyl groups excluding tert-OH is 1. The summed E-state index contributed by atoms with van der Waals surface area (Å²) in [5, 5.41) is 10.0. The summed E-state index contributed by atoms with van der Waals surface area (Å²) >= 11 is 0. The second kappa shape index (κ2) is 4.41. The molecule has 3 fully saturated rings. The molecule has 4 atom stereocenters.